The summed E-state index contributed by atoms with van der Waals surface area (Å²) >= 11 is 0. The van der Waals surface area contributed by atoms with Crippen molar-refractivity contribution < 1.29 is 14.3 Å². The Bertz CT molecular complexity index is 434. The summed E-state index contributed by atoms with van der Waals surface area (Å²) in [7, 11) is 0. The normalized spacial score (nSPS) is 13.2. The lowest BCUT2D eigenvalue weighted by Crippen LogP contribution is -2.47. The van der Waals surface area contributed by atoms with Gasteiger partial charge in [0, 0.05) is 0 Å². The fourth-order valence-corrected chi connectivity index (χ4v) is 1.81. The summed E-state index contributed by atoms with van der Waals surface area (Å²) in [6.45, 7) is 5.75. The molecule has 0 aliphatic carbocycles. The van der Waals surface area contributed by atoms with Crippen LogP contribution < -0.4 is 10.6 Å². The molecule has 0 radical (unpaired) electrons. The van der Waals surface area contributed by atoms with Crippen molar-refractivity contribution in [3.63, 3.8) is 0 Å². The largest absolute Gasteiger partial charge is 0.450 e. The van der Waals surface area contributed by atoms with Crippen molar-refractivity contribution in [1.82, 2.24) is 10.6 Å². The van der Waals surface area contributed by atoms with E-state index in [2.05, 4.69) is 10.6 Å². The molecule has 0 bridgehead atoms. The van der Waals surface area contributed by atoms with Gasteiger partial charge in [0.2, 0.25) is 5.91 Å². The molecule has 2 amide bonds. The fourth-order valence-electron chi connectivity index (χ4n) is 1.81. The number of carbonyl (C=O) groups is 2. The van der Waals surface area contributed by atoms with Crippen molar-refractivity contribution in [3.05, 3.63) is 35.9 Å². The first-order valence-electron chi connectivity index (χ1n) is 6.87. The molecule has 0 fully saturated rings. The fraction of sp³-hybridized carbons (Fsp3) is 0.467. The van der Waals surface area contributed by atoms with Crippen LogP contribution in [0.2, 0.25) is 0 Å². The van der Waals surface area contributed by atoms with Crippen LogP contribution in [0.25, 0.3) is 0 Å². The van der Waals surface area contributed by atoms with Crippen LogP contribution >= 0.6 is 0 Å². The molecule has 5 heteroatoms. The number of amides is 2. The van der Waals surface area contributed by atoms with Gasteiger partial charge in [0.25, 0.3) is 0 Å². The molecule has 2 atom stereocenters. The Morgan fingerprint density at radius 2 is 1.80 bits per heavy atom. The standard InChI is InChI=1S/C15H22N2O3/c1-4-13(17-15(19)20-5-2)14(18)16-11(3)12-9-7-6-8-10-12/h6-11,13H,4-5H2,1-3H3,(H,16,18)(H,17,19)/t11-,13-/m1/s1. The quantitative estimate of drug-likeness (QED) is 0.839. The molecule has 0 aliphatic rings. The molecule has 20 heavy (non-hydrogen) atoms. The van der Waals surface area contributed by atoms with Gasteiger partial charge in [0.05, 0.1) is 12.6 Å². The molecule has 5 nitrogen and oxygen atoms in total. The third-order valence-electron chi connectivity index (χ3n) is 2.95. The molecule has 110 valence electrons. The van der Waals surface area contributed by atoms with Gasteiger partial charge in [0.15, 0.2) is 0 Å². The number of hydrogen-bond acceptors (Lipinski definition) is 3. The Hall–Kier alpha value is -2.04. The van der Waals surface area contributed by atoms with E-state index in [1.807, 2.05) is 44.2 Å². The first kappa shape index (κ1) is 16.0. The van der Waals surface area contributed by atoms with Crippen LogP contribution in [-0.4, -0.2) is 24.6 Å². The van der Waals surface area contributed by atoms with Crippen LogP contribution in [0, 0.1) is 0 Å². The summed E-state index contributed by atoms with van der Waals surface area (Å²) in [6, 6.07) is 8.98. The average molecular weight is 278 g/mol. The summed E-state index contributed by atoms with van der Waals surface area (Å²) in [5.74, 6) is -0.211. The van der Waals surface area contributed by atoms with Crippen molar-refractivity contribution in [2.75, 3.05) is 6.61 Å². The third kappa shape index (κ3) is 4.91. The first-order chi connectivity index (χ1) is 9.58. The van der Waals surface area contributed by atoms with Crippen LogP contribution in [0.15, 0.2) is 30.3 Å². The smallest absolute Gasteiger partial charge is 0.407 e. The summed E-state index contributed by atoms with van der Waals surface area (Å²) in [5.41, 5.74) is 1.02. The number of alkyl carbamates (subject to hydrolysis) is 1. The summed E-state index contributed by atoms with van der Waals surface area (Å²) in [6.07, 6.45) is -0.0616. The van der Waals surface area contributed by atoms with Crippen LogP contribution in [0.5, 0.6) is 0 Å². The van der Waals surface area contributed by atoms with Gasteiger partial charge in [-0.25, -0.2) is 4.79 Å². The Balaban J connectivity index is 2.57. The zero-order valence-electron chi connectivity index (χ0n) is 12.2. The second kappa shape index (κ2) is 8.19. The lowest BCUT2D eigenvalue weighted by molar-refractivity contribution is -0.123. The van der Waals surface area contributed by atoms with E-state index in [-0.39, 0.29) is 18.6 Å². The van der Waals surface area contributed by atoms with Gasteiger partial charge >= 0.3 is 6.09 Å². The molecule has 1 rings (SSSR count). The summed E-state index contributed by atoms with van der Waals surface area (Å²) in [4.78, 5) is 23.5. The van der Waals surface area contributed by atoms with E-state index in [0.717, 1.165) is 5.56 Å². The van der Waals surface area contributed by atoms with E-state index in [1.54, 1.807) is 6.92 Å². The van der Waals surface area contributed by atoms with E-state index in [9.17, 15) is 9.59 Å². The average Bonchev–Trinajstić information content (AvgIpc) is 2.45. The molecule has 2 N–H and O–H groups in total. The molecule has 0 saturated carbocycles. The topological polar surface area (TPSA) is 67.4 Å². The number of carbonyl (C=O) groups excluding carboxylic acids is 2. The molecule has 0 aromatic heterocycles. The molecular formula is C15H22N2O3. The van der Waals surface area contributed by atoms with Gasteiger partial charge in [-0.1, -0.05) is 37.3 Å². The van der Waals surface area contributed by atoms with Crippen molar-refractivity contribution in [3.8, 4) is 0 Å². The van der Waals surface area contributed by atoms with Gasteiger partial charge in [-0.3, -0.25) is 4.79 Å². The van der Waals surface area contributed by atoms with E-state index < -0.39 is 12.1 Å². The predicted molar refractivity (Wildman–Crippen MR) is 77.2 cm³/mol. The minimum absolute atomic E-state index is 0.109. The molecule has 0 heterocycles. The van der Waals surface area contributed by atoms with Crippen LogP contribution in [0.1, 0.15) is 38.8 Å². The highest BCUT2D eigenvalue weighted by atomic mass is 16.5. The summed E-state index contributed by atoms with van der Waals surface area (Å²) in [5, 5.41) is 5.44. The molecule has 1 aromatic rings. The molecule has 0 saturated heterocycles. The lowest BCUT2D eigenvalue weighted by Gasteiger charge is -2.20. The van der Waals surface area contributed by atoms with E-state index in [0.29, 0.717) is 6.42 Å². The highest BCUT2D eigenvalue weighted by Gasteiger charge is 2.21. The predicted octanol–water partition coefficient (Wildman–Crippen LogP) is 2.39. The minimum Gasteiger partial charge on any atom is -0.450 e. The lowest BCUT2D eigenvalue weighted by atomic mass is 10.1. The monoisotopic (exact) mass is 278 g/mol. The second-order valence-corrected chi connectivity index (χ2v) is 4.47. The Morgan fingerprint density at radius 3 is 2.35 bits per heavy atom. The number of nitrogens with one attached hydrogen (secondary N) is 2. The van der Waals surface area contributed by atoms with Gasteiger partial charge in [0.1, 0.15) is 6.04 Å². The zero-order valence-corrected chi connectivity index (χ0v) is 12.2. The van der Waals surface area contributed by atoms with Gasteiger partial charge in [-0.05, 0) is 25.8 Å². The SMILES string of the molecule is CCOC(=O)N[C@H](CC)C(=O)N[C@H](C)c1ccccc1. The zero-order chi connectivity index (χ0) is 15.0. The Labute approximate surface area is 119 Å². The van der Waals surface area contributed by atoms with Crippen LogP contribution in [-0.2, 0) is 9.53 Å². The number of benzene rings is 1. The Kier molecular flexibility index (Phi) is 6.56. The molecule has 1 aromatic carbocycles. The molecular weight excluding hydrogens is 256 g/mol. The van der Waals surface area contributed by atoms with Crippen LogP contribution in [0.3, 0.4) is 0 Å². The van der Waals surface area contributed by atoms with Gasteiger partial charge in [-0.2, -0.15) is 0 Å². The van der Waals surface area contributed by atoms with Crippen LogP contribution in [0.4, 0.5) is 4.79 Å². The first-order valence-corrected chi connectivity index (χ1v) is 6.87. The number of rotatable bonds is 6. The van der Waals surface area contributed by atoms with E-state index in [1.165, 1.54) is 0 Å². The van der Waals surface area contributed by atoms with Crippen molar-refractivity contribution >= 4 is 12.0 Å². The highest BCUT2D eigenvalue weighted by molar-refractivity contribution is 5.85. The Morgan fingerprint density at radius 1 is 1.15 bits per heavy atom. The maximum Gasteiger partial charge on any atom is 0.407 e. The van der Waals surface area contributed by atoms with E-state index >= 15 is 0 Å². The minimum atomic E-state index is -0.583. The third-order valence-corrected chi connectivity index (χ3v) is 2.95. The number of hydrogen-bond donors (Lipinski definition) is 2. The van der Waals surface area contributed by atoms with E-state index in [4.69, 9.17) is 4.74 Å². The van der Waals surface area contributed by atoms with Crippen molar-refractivity contribution in [1.29, 1.82) is 0 Å². The maximum absolute atomic E-state index is 12.1. The molecule has 0 unspecified atom stereocenters. The van der Waals surface area contributed by atoms with Crippen molar-refractivity contribution in [2.24, 2.45) is 0 Å². The summed E-state index contributed by atoms with van der Waals surface area (Å²) < 4.78 is 4.78. The molecule has 0 aliphatic heterocycles. The van der Waals surface area contributed by atoms with Gasteiger partial charge < -0.3 is 15.4 Å². The van der Waals surface area contributed by atoms with Crippen molar-refractivity contribution in [2.45, 2.75) is 39.3 Å². The molecule has 0 spiro atoms. The number of ether oxygens (including phenoxy) is 1. The van der Waals surface area contributed by atoms with Gasteiger partial charge in [-0.15, -0.1) is 0 Å². The highest BCUT2D eigenvalue weighted by Crippen LogP contribution is 2.11. The maximum atomic E-state index is 12.1. The second-order valence-electron chi connectivity index (χ2n) is 4.47.